The van der Waals surface area contributed by atoms with Gasteiger partial charge < -0.3 is 69.1 Å². The van der Waals surface area contributed by atoms with Crippen molar-refractivity contribution in [3.63, 3.8) is 0 Å². The van der Waals surface area contributed by atoms with Crippen LogP contribution in [0, 0.1) is 24.7 Å². The summed E-state index contributed by atoms with van der Waals surface area (Å²) in [7, 11) is 5.48. The van der Waals surface area contributed by atoms with Gasteiger partial charge in [-0.05, 0) is 126 Å². The molecule has 64 heavy (non-hydrogen) atoms. The molecule has 0 amide bonds. The number of aliphatic hydroxyl groups is 4. The number of esters is 1. The molecule has 0 aromatic carbocycles. The van der Waals surface area contributed by atoms with Crippen molar-refractivity contribution in [1.82, 2.24) is 20.5 Å². The highest BCUT2D eigenvalue weighted by molar-refractivity contribution is 6.29. The molecule has 0 saturated carbocycles. The van der Waals surface area contributed by atoms with Gasteiger partial charge in [-0.3, -0.25) is 4.79 Å². The monoisotopic (exact) mass is 931 g/mol. The molecular weight excluding hydrogens is 848 g/mol. The van der Waals surface area contributed by atoms with Crippen LogP contribution in [0.2, 0.25) is 5.15 Å². The summed E-state index contributed by atoms with van der Waals surface area (Å²) in [6.07, 6.45) is -4.79. The average Bonchev–Trinajstić information content (AvgIpc) is 3.22. The van der Waals surface area contributed by atoms with E-state index in [9.17, 15) is 25.2 Å². The Balaban J connectivity index is 1.87. The summed E-state index contributed by atoms with van der Waals surface area (Å²) < 4.78 is 46.3. The van der Waals surface area contributed by atoms with Crippen molar-refractivity contribution in [2.24, 2.45) is 17.8 Å². The molecule has 0 bridgehead atoms. The summed E-state index contributed by atoms with van der Waals surface area (Å²) >= 11 is 6.24. The number of aryl methyl sites for hydroxylation is 1. The lowest BCUT2D eigenvalue weighted by atomic mass is 9.75. The number of hydrogen-bond acceptors (Lipinski definition) is 16. The van der Waals surface area contributed by atoms with Crippen LogP contribution in [-0.4, -0.2) is 167 Å². The van der Waals surface area contributed by atoms with Crippen LogP contribution in [-0.2, 0) is 33.2 Å². The van der Waals surface area contributed by atoms with E-state index < -0.39 is 95.5 Å². The SMILES string of the molecule is CCCNC[C@]1(O)[C@H](C)O[C@@H](OC2C(C)C(=O)OC(CC)C(C)(O)C(O)C(C)NCC(C)CC(C)(O)C(O[C@@H]3O[C@H](C)C[C@H](N(C)C)[C@H]3Oc3cnc(Cl)cc3C)C2C)C[C@@]1(C)OC. The number of aliphatic hydroxyl groups excluding tert-OH is 1. The number of aromatic nitrogens is 1. The molecule has 18 atom stereocenters. The second-order valence-corrected chi connectivity index (χ2v) is 20.4. The lowest BCUT2D eigenvalue weighted by molar-refractivity contribution is -0.335. The molecule has 0 spiro atoms. The van der Waals surface area contributed by atoms with Crippen LogP contribution in [0.15, 0.2) is 12.3 Å². The molecule has 0 aliphatic carbocycles. The van der Waals surface area contributed by atoms with Gasteiger partial charge >= 0.3 is 5.97 Å². The summed E-state index contributed by atoms with van der Waals surface area (Å²) in [6.45, 7) is 23.0. The first-order chi connectivity index (χ1) is 29.8. The van der Waals surface area contributed by atoms with Gasteiger partial charge in [0.15, 0.2) is 18.7 Å². The number of nitrogens with one attached hydrogen (secondary N) is 2. The maximum absolute atomic E-state index is 14.6. The second kappa shape index (κ2) is 22.6. The van der Waals surface area contributed by atoms with E-state index in [1.807, 2.05) is 55.6 Å². The molecule has 3 fully saturated rings. The molecule has 1 aromatic heterocycles. The Labute approximate surface area is 387 Å². The number of ether oxygens (including phenoxy) is 7. The van der Waals surface area contributed by atoms with Crippen LogP contribution in [0.3, 0.4) is 0 Å². The van der Waals surface area contributed by atoms with Crippen molar-refractivity contribution in [3.05, 3.63) is 23.0 Å². The predicted molar refractivity (Wildman–Crippen MR) is 244 cm³/mol. The van der Waals surface area contributed by atoms with Gasteiger partial charge in [-0.15, -0.1) is 0 Å². The van der Waals surface area contributed by atoms with Crippen LogP contribution in [0.4, 0.5) is 0 Å². The predicted octanol–water partition coefficient (Wildman–Crippen LogP) is 4.37. The van der Waals surface area contributed by atoms with E-state index in [-0.39, 0.29) is 43.9 Å². The van der Waals surface area contributed by atoms with E-state index in [4.69, 9.17) is 44.8 Å². The fourth-order valence-corrected chi connectivity index (χ4v) is 10.3. The first-order valence-corrected chi connectivity index (χ1v) is 23.8. The number of hydrogen-bond donors (Lipinski definition) is 6. The number of likely N-dealkylation sites (N-methyl/N-ethyl adjacent to an activating group) is 1. The minimum atomic E-state index is -1.83. The summed E-state index contributed by atoms with van der Waals surface area (Å²) in [5.74, 6) is -2.22. The van der Waals surface area contributed by atoms with Crippen molar-refractivity contribution in [2.75, 3.05) is 40.8 Å². The third kappa shape index (κ3) is 12.5. The van der Waals surface area contributed by atoms with Crippen molar-refractivity contribution >= 4 is 17.6 Å². The fraction of sp³-hybridized carbons (Fsp3) is 0.872. The zero-order valence-corrected chi connectivity index (χ0v) is 42.0. The average molecular weight is 932 g/mol. The highest BCUT2D eigenvalue weighted by Crippen LogP contribution is 2.43. The van der Waals surface area contributed by atoms with Gasteiger partial charge in [0.05, 0.1) is 48.2 Å². The topological polar surface area (TPSA) is 203 Å². The zero-order chi connectivity index (χ0) is 48.1. The first-order valence-electron chi connectivity index (χ1n) is 23.4. The Bertz CT molecular complexity index is 1640. The molecule has 3 aliphatic rings. The summed E-state index contributed by atoms with van der Waals surface area (Å²) in [6, 6.07) is 0.915. The highest BCUT2D eigenvalue weighted by Gasteiger charge is 2.58. The van der Waals surface area contributed by atoms with Gasteiger partial charge in [0.2, 0.25) is 0 Å². The molecule has 17 heteroatoms. The molecular formula is C47H83ClN4O12. The Morgan fingerprint density at radius 2 is 1.69 bits per heavy atom. The minimum Gasteiger partial charge on any atom is -0.482 e. The summed E-state index contributed by atoms with van der Waals surface area (Å²) in [5, 5.41) is 55.4. The smallest absolute Gasteiger partial charge is 0.311 e. The lowest BCUT2D eigenvalue weighted by Crippen LogP contribution is -2.70. The molecule has 10 unspecified atom stereocenters. The van der Waals surface area contributed by atoms with E-state index in [1.165, 1.54) is 6.92 Å². The number of cyclic esters (lactones) is 1. The third-order valence-electron chi connectivity index (χ3n) is 14.3. The van der Waals surface area contributed by atoms with Gasteiger partial charge in [-0.2, -0.15) is 0 Å². The van der Waals surface area contributed by atoms with E-state index in [0.29, 0.717) is 30.4 Å². The van der Waals surface area contributed by atoms with Crippen LogP contribution >= 0.6 is 11.6 Å². The third-order valence-corrected chi connectivity index (χ3v) is 14.5. The lowest BCUT2D eigenvalue weighted by Gasteiger charge is -2.53. The van der Waals surface area contributed by atoms with Gasteiger partial charge in [-0.1, -0.05) is 39.3 Å². The molecule has 4 heterocycles. The Hall–Kier alpha value is -1.77. The Morgan fingerprint density at radius 1 is 1.02 bits per heavy atom. The molecule has 1 aromatic rings. The molecule has 6 N–H and O–H groups in total. The van der Waals surface area contributed by atoms with Gasteiger partial charge in [-0.25, -0.2) is 4.98 Å². The number of carbonyl (C=O) groups is 1. The van der Waals surface area contributed by atoms with Gasteiger partial charge in [0.25, 0.3) is 0 Å². The number of pyridine rings is 1. The maximum Gasteiger partial charge on any atom is 0.311 e. The number of carbonyl (C=O) groups excluding carboxylic acids is 1. The van der Waals surface area contributed by atoms with Crippen molar-refractivity contribution in [2.45, 2.75) is 205 Å². The summed E-state index contributed by atoms with van der Waals surface area (Å²) in [5.41, 5.74) is -5.26. The molecule has 3 aliphatic heterocycles. The van der Waals surface area contributed by atoms with Crippen molar-refractivity contribution in [3.8, 4) is 5.75 Å². The van der Waals surface area contributed by atoms with E-state index in [1.54, 1.807) is 54.0 Å². The molecule has 3 saturated heterocycles. The van der Waals surface area contributed by atoms with Crippen LogP contribution in [0.25, 0.3) is 0 Å². The van der Waals surface area contributed by atoms with Crippen LogP contribution in [0.5, 0.6) is 5.75 Å². The largest absolute Gasteiger partial charge is 0.482 e. The Morgan fingerprint density at radius 3 is 2.28 bits per heavy atom. The van der Waals surface area contributed by atoms with E-state index in [0.717, 1.165) is 12.0 Å². The normalized spacial score (nSPS) is 43.3. The molecule has 4 rings (SSSR count). The number of rotatable bonds is 13. The highest BCUT2D eigenvalue weighted by atomic mass is 35.5. The quantitative estimate of drug-likeness (QED) is 0.0924. The minimum absolute atomic E-state index is 0.0856. The number of halogens is 1. The molecule has 16 nitrogen and oxygen atoms in total. The zero-order valence-electron chi connectivity index (χ0n) is 41.2. The van der Waals surface area contributed by atoms with E-state index >= 15 is 0 Å². The first kappa shape index (κ1) is 54.8. The van der Waals surface area contributed by atoms with Crippen LogP contribution < -0.4 is 15.4 Å². The second-order valence-electron chi connectivity index (χ2n) is 20.1. The molecule has 370 valence electrons. The number of methoxy groups -OCH3 is 1. The fourth-order valence-electron chi connectivity index (χ4n) is 10.1. The van der Waals surface area contributed by atoms with Gasteiger partial charge in [0, 0.05) is 32.0 Å². The van der Waals surface area contributed by atoms with Crippen LogP contribution in [0.1, 0.15) is 114 Å². The van der Waals surface area contributed by atoms with E-state index in [2.05, 4.69) is 20.5 Å². The van der Waals surface area contributed by atoms with Gasteiger partial charge in [0.1, 0.15) is 39.9 Å². The van der Waals surface area contributed by atoms with Crippen molar-refractivity contribution in [1.29, 1.82) is 0 Å². The summed E-state index contributed by atoms with van der Waals surface area (Å²) in [4.78, 5) is 20.9. The molecule has 0 radical (unpaired) electrons. The standard InChI is InChI=1S/C47H83ClN4O12/c1-16-18-49-25-47(57)32(9)60-37(22-45(47,11)58-15)63-38-29(6)41(64-43-39(33(52(13)14)20-28(5)59-43)61-34-24-51-36(48)19-27(34)4)44(10,55)21-26(3)23-50-31(8)40(53)46(12,56)35(17-2)62-42(54)30(38)7/h19,24,26,28-33,35,37-41,43,49-50,53,55-57H,16-18,20-23,25H2,1-15H3/t26?,28-,29?,30?,31?,32+,33+,35?,37+,38?,39-,40?,41?,43+,44?,45-,46?,47+/m1/s1. The maximum atomic E-state index is 14.6. The Kier molecular flexibility index (Phi) is 19.3. The van der Waals surface area contributed by atoms with Crippen molar-refractivity contribution < 1.29 is 58.4 Å². The number of nitrogens with zero attached hydrogens (tertiary/aromatic N) is 2.